The Bertz CT molecular complexity index is 1170. The lowest BCUT2D eigenvalue weighted by atomic mass is 10.2. The number of nitrogens with zero attached hydrogens (tertiary/aromatic N) is 1. The van der Waals surface area contributed by atoms with Gasteiger partial charge in [-0.15, -0.1) is 0 Å². The number of anilines is 2. The predicted molar refractivity (Wildman–Crippen MR) is 121 cm³/mol. The summed E-state index contributed by atoms with van der Waals surface area (Å²) in [5.74, 6) is -0.237. The number of methoxy groups -OCH3 is 1. The minimum absolute atomic E-state index is 0.201. The summed E-state index contributed by atoms with van der Waals surface area (Å²) in [5, 5.41) is 5.42. The smallest absolute Gasteiger partial charge is 0.419 e. The van der Waals surface area contributed by atoms with Crippen LogP contribution in [0.4, 0.5) is 16.2 Å². The number of fused-ring (bicyclic) bond motifs is 1. The molecule has 32 heavy (non-hydrogen) atoms. The summed E-state index contributed by atoms with van der Waals surface area (Å²) in [5.41, 5.74) is 1.44. The molecule has 0 saturated heterocycles. The third kappa shape index (κ3) is 5.90. The van der Waals surface area contributed by atoms with Crippen molar-refractivity contribution in [3.8, 4) is 5.75 Å². The molecule has 2 aromatic carbocycles. The zero-order valence-electron chi connectivity index (χ0n) is 18.6. The van der Waals surface area contributed by atoms with Crippen LogP contribution in [0.25, 0.3) is 11.1 Å². The van der Waals surface area contributed by atoms with Crippen molar-refractivity contribution in [1.29, 1.82) is 0 Å². The standard InChI is InChI=1S/C23H27N3O6/c1-23(2,3)32-21(28)25-16-14-15(11-12-18(16)30-4)24-20(27)10-7-13-26-17-8-5-6-9-19(17)31-22(26)29/h5-6,8-9,11-12,14H,7,10,13H2,1-4H3,(H,24,27)(H,25,28). The highest BCUT2D eigenvalue weighted by Gasteiger charge is 2.18. The van der Waals surface area contributed by atoms with Gasteiger partial charge in [-0.3, -0.25) is 14.7 Å². The van der Waals surface area contributed by atoms with Gasteiger partial charge >= 0.3 is 11.8 Å². The van der Waals surface area contributed by atoms with Crippen LogP contribution in [0.15, 0.2) is 51.7 Å². The maximum Gasteiger partial charge on any atom is 0.419 e. The molecule has 0 spiro atoms. The van der Waals surface area contributed by atoms with Crippen LogP contribution in [0.5, 0.6) is 5.75 Å². The maximum atomic E-state index is 12.4. The van der Waals surface area contributed by atoms with Crippen molar-refractivity contribution < 1.29 is 23.5 Å². The fourth-order valence-electron chi connectivity index (χ4n) is 3.14. The Morgan fingerprint density at radius 1 is 1.09 bits per heavy atom. The van der Waals surface area contributed by atoms with E-state index in [0.29, 0.717) is 41.2 Å². The van der Waals surface area contributed by atoms with Gasteiger partial charge in [0.25, 0.3) is 0 Å². The van der Waals surface area contributed by atoms with Crippen molar-refractivity contribution >= 4 is 34.5 Å². The van der Waals surface area contributed by atoms with Crippen molar-refractivity contribution in [1.82, 2.24) is 4.57 Å². The normalized spacial score (nSPS) is 11.2. The number of ether oxygens (including phenoxy) is 2. The number of benzene rings is 2. The molecular weight excluding hydrogens is 414 g/mol. The van der Waals surface area contributed by atoms with Crippen molar-refractivity contribution in [3.63, 3.8) is 0 Å². The first-order valence-corrected chi connectivity index (χ1v) is 10.2. The zero-order valence-corrected chi connectivity index (χ0v) is 18.6. The molecule has 0 radical (unpaired) electrons. The molecule has 0 atom stereocenters. The Morgan fingerprint density at radius 2 is 1.84 bits per heavy atom. The lowest BCUT2D eigenvalue weighted by molar-refractivity contribution is -0.116. The van der Waals surface area contributed by atoms with Gasteiger partial charge in [-0.05, 0) is 57.5 Å². The van der Waals surface area contributed by atoms with Gasteiger partial charge in [0, 0.05) is 18.7 Å². The second kappa shape index (κ2) is 9.59. The summed E-state index contributed by atoms with van der Waals surface area (Å²) < 4.78 is 17.2. The van der Waals surface area contributed by atoms with Crippen molar-refractivity contribution in [2.24, 2.45) is 0 Å². The molecule has 0 unspecified atom stereocenters. The first-order chi connectivity index (χ1) is 15.2. The minimum Gasteiger partial charge on any atom is -0.495 e. The number of para-hydroxylation sites is 2. The van der Waals surface area contributed by atoms with Gasteiger partial charge < -0.3 is 19.2 Å². The molecule has 1 aromatic heterocycles. The lowest BCUT2D eigenvalue weighted by Gasteiger charge is -2.20. The molecule has 9 nitrogen and oxygen atoms in total. The Kier molecular flexibility index (Phi) is 6.87. The second-order valence-corrected chi connectivity index (χ2v) is 8.18. The molecule has 0 bridgehead atoms. The van der Waals surface area contributed by atoms with E-state index in [2.05, 4.69) is 10.6 Å². The topological polar surface area (TPSA) is 112 Å². The molecule has 3 rings (SSSR count). The number of aromatic nitrogens is 1. The molecule has 0 aliphatic heterocycles. The number of carbonyl (C=O) groups excluding carboxylic acids is 2. The van der Waals surface area contributed by atoms with E-state index < -0.39 is 17.5 Å². The van der Waals surface area contributed by atoms with Crippen LogP contribution in [0, 0.1) is 0 Å². The first-order valence-electron chi connectivity index (χ1n) is 10.2. The average molecular weight is 441 g/mol. The highest BCUT2D eigenvalue weighted by molar-refractivity contribution is 5.93. The van der Waals surface area contributed by atoms with E-state index in [9.17, 15) is 14.4 Å². The number of nitrogens with one attached hydrogen (secondary N) is 2. The summed E-state index contributed by atoms with van der Waals surface area (Å²) in [6, 6.07) is 12.1. The Hall–Kier alpha value is -3.75. The summed E-state index contributed by atoms with van der Waals surface area (Å²) in [6.07, 6.45) is 0.0263. The van der Waals surface area contributed by atoms with E-state index in [1.807, 2.05) is 6.07 Å². The van der Waals surface area contributed by atoms with Crippen molar-refractivity contribution in [2.45, 2.75) is 45.8 Å². The fraction of sp³-hybridized carbons (Fsp3) is 0.348. The molecule has 0 aliphatic rings. The molecule has 2 amide bonds. The minimum atomic E-state index is -0.647. The van der Waals surface area contributed by atoms with Gasteiger partial charge in [0.2, 0.25) is 5.91 Å². The van der Waals surface area contributed by atoms with Gasteiger partial charge in [-0.1, -0.05) is 12.1 Å². The van der Waals surface area contributed by atoms with E-state index >= 15 is 0 Å². The lowest BCUT2D eigenvalue weighted by Crippen LogP contribution is -2.27. The van der Waals surface area contributed by atoms with E-state index in [1.54, 1.807) is 57.2 Å². The summed E-state index contributed by atoms with van der Waals surface area (Å²) in [4.78, 5) is 36.5. The van der Waals surface area contributed by atoms with Crippen LogP contribution in [0.2, 0.25) is 0 Å². The Labute approximate surface area is 185 Å². The van der Waals surface area contributed by atoms with Gasteiger partial charge in [0.15, 0.2) is 5.58 Å². The Morgan fingerprint density at radius 3 is 2.56 bits per heavy atom. The number of carbonyl (C=O) groups is 2. The van der Waals surface area contributed by atoms with Crippen LogP contribution in [0.1, 0.15) is 33.6 Å². The van der Waals surface area contributed by atoms with Crippen LogP contribution in [-0.2, 0) is 16.1 Å². The third-order valence-corrected chi connectivity index (χ3v) is 4.48. The summed E-state index contributed by atoms with van der Waals surface area (Å²) in [6.45, 7) is 5.65. The van der Waals surface area contributed by atoms with Crippen molar-refractivity contribution in [2.75, 3.05) is 17.7 Å². The molecule has 9 heteroatoms. The molecule has 1 heterocycles. The third-order valence-electron chi connectivity index (χ3n) is 4.48. The highest BCUT2D eigenvalue weighted by atomic mass is 16.6. The van der Waals surface area contributed by atoms with Crippen LogP contribution < -0.4 is 21.1 Å². The van der Waals surface area contributed by atoms with E-state index in [-0.39, 0.29) is 12.3 Å². The fourth-order valence-corrected chi connectivity index (χ4v) is 3.14. The second-order valence-electron chi connectivity index (χ2n) is 8.18. The maximum absolute atomic E-state index is 12.4. The molecule has 170 valence electrons. The van der Waals surface area contributed by atoms with Gasteiger partial charge in [-0.2, -0.15) is 0 Å². The number of hydrogen-bond acceptors (Lipinski definition) is 6. The average Bonchev–Trinajstić information content (AvgIpc) is 3.02. The SMILES string of the molecule is COc1ccc(NC(=O)CCCn2c(=O)oc3ccccc32)cc1NC(=O)OC(C)(C)C. The molecule has 2 N–H and O–H groups in total. The number of aryl methyl sites for hydroxylation is 1. The zero-order chi connectivity index (χ0) is 23.3. The molecular formula is C23H27N3O6. The summed E-state index contributed by atoms with van der Waals surface area (Å²) in [7, 11) is 1.48. The predicted octanol–water partition coefficient (Wildman–Crippen LogP) is 4.37. The molecule has 0 aliphatic carbocycles. The number of amides is 2. The Balaban J connectivity index is 1.60. The molecule has 3 aromatic rings. The van der Waals surface area contributed by atoms with Crippen LogP contribution in [0.3, 0.4) is 0 Å². The number of oxazole rings is 1. The number of rotatable bonds is 7. The van der Waals surface area contributed by atoms with E-state index in [0.717, 1.165) is 0 Å². The van der Waals surface area contributed by atoms with Crippen LogP contribution >= 0.6 is 0 Å². The quantitative estimate of drug-likeness (QED) is 0.563. The molecule has 0 saturated carbocycles. The first kappa shape index (κ1) is 22.9. The van der Waals surface area contributed by atoms with E-state index in [1.165, 1.54) is 11.7 Å². The van der Waals surface area contributed by atoms with Gasteiger partial charge in [0.05, 0.1) is 18.3 Å². The highest BCUT2D eigenvalue weighted by Crippen LogP contribution is 2.28. The monoisotopic (exact) mass is 441 g/mol. The van der Waals surface area contributed by atoms with Crippen molar-refractivity contribution in [3.05, 3.63) is 53.0 Å². The van der Waals surface area contributed by atoms with E-state index in [4.69, 9.17) is 13.9 Å². The largest absolute Gasteiger partial charge is 0.495 e. The van der Waals surface area contributed by atoms with Gasteiger partial charge in [0.1, 0.15) is 11.4 Å². The summed E-state index contributed by atoms with van der Waals surface area (Å²) >= 11 is 0. The van der Waals surface area contributed by atoms with Crippen LogP contribution in [-0.4, -0.2) is 29.3 Å². The molecule has 0 fully saturated rings. The number of hydrogen-bond donors (Lipinski definition) is 2. The van der Waals surface area contributed by atoms with Gasteiger partial charge in [-0.25, -0.2) is 9.59 Å².